The first-order valence-corrected chi connectivity index (χ1v) is 7.46. The van der Waals surface area contributed by atoms with Crippen molar-refractivity contribution in [3.8, 4) is 5.75 Å². The average Bonchev–Trinajstić information content (AvgIpc) is 2.89. The third kappa shape index (κ3) is 3.25. The highest BCUT2D eigenvalue weighted by molar-refractivity contribution is 7.99. The lowest BCUT2D eigenvalue weighted by Crippen LogP contribution is -2.55. The Labute approximate surface area is 121 Å². The molecule has 108 valence electrons. The lowest BCUT2D eigenvalue weighted by atomic mass is 9.98. The predicted molar refractivity (Wildman–Crippen MR) is 77.1 cm³/mol. The van der Waals surface area contributed by atoms with Crippen molar-refractivity contribution in [1.82, 2.24) is 5.32 Å². The zero-order valence-corrected chi connectivity index (χ0v) is 12.0. The van der Waals surface area contributed by atoms with Crippen LogP contribution >= 0.6 is 11.8 Å². The number of benzene rings is 1. The van der Waals surface area contributed by atoms with Crippen molar-refractivity contribution >= 4 is 23.6 Å². The van der Waals surface area contributed by atoms with Crippen molar-refractivity contribution in [3.05, 3.63) is 29.8 Å². The van der Waals surface area contributed by atoms with Crippen LogP contribution in [-0.4, -0.2) is 41.1 Å². The normalized spacial score (nSPS) is 21.4. The first-order chi connectivity index (χ1) is 9.55. The Balaban J connectivity index is 1.99. The first kappa shape index (κ1) is 14.7. The Bertz CT molecular complexity index is 494. The molecule has 1 amide bonds. The van der Waals surface area contributed by atoms with Crippen LogP contribution in [0.5, 0.6) is 5.75 Å². The fourth-order valence-corrected chi connectivity index (χ4v) is 3.45. The molecule has 1 heterocycles. The van der Waals surface area contributed by atoms with Crippen LogP contribution in [0, 0.1) is 0 Å². The number of thioether (sulfide) groups is 1. The summed E-state index contributed by atoms with van der Waals surface area (Å²) in [5.41, 5.74) is -0.275. The van der Waals surface area contributed by atoms with E-state index in [1.165, 1.54) is 0 Å². The smallest absolute Gasteiger partial charge is 0.330 e. The molecule has 5 nitrogen and oxygen atoms in total. The van der Waals surface area contributed by atoms with E-state index in [2.05, 4.69) is 5.32 Å². The molecular formula is C14H17NO4S. The Morgan fingerprint density at radius 3 is 2.60 bits per heavy atom. The van der Waals surface area contributed by atoms with Crippen LogP contribution in [0.4, 0.5) is 0 Å². The quantitative estimate of drug-likeness (QED) is 0.856. The second kappa shape index (κ2) is 6.17. The van der Waals surface area contributed by atoms with E-state index in [0.717, 1.165) is 17.1 Å². The maximum absolute atomic E-state index is 12.0. The van der Waals surface area contributed by atoms with Crippen LogP contribution in [0.1, 0.15) is 12.0 Å². The Hall–Kier alpha value is -1.69. The molecule has 1 saturated heterocycles. The molecule has 0 unspecified atom stereocenters. The summed E-state index contributed by atoms with van der Waals surface area (Å²) in [4.78, 5) is 23.4. The summed E-state index contributed by atoms with van der Waals surface area (Å²) < 4.78 is 5.05. The third-order valence-corrected chi connectivity index (χ3v) is 4.52. The van der Waals surface area contributed by atoms with Gasteiger partial charge in [0.15, 0.2) is 0 Å². The number of hydrogen-bond acceptors (Lipinski definition) is 4. The van der Waals surface area contributed by atoms with Crippen LogP contribution in [0.25, 0.3) is 0 Å². The SMILES string of the molecule is COc1ccc(CC(=O)N[C@]2(C(=O)O)CCSC2)cc1. The van der Waals surface area contributed by atoms with Crippen LogP contribution in [0.15, 0.2) is 24.3 Å². The molecule has 1 aliphatic heterocycles. The van der Waals surface area contributed by atoms with Crippen molar-refractivity contribution < 1.29 is 19.4 Å². The van der Waals surface area contributed by atoms with Gasteiger partial charge in [0.2, 0.25) is 5.91 Å². The molecule has 20 heavy (non-hydrogen) atoms. The van der Waals surface area contributed by atoms with Gasteiger partial charge < -0.3 is 15.2 Å². The summed E-state index contributed by atoms with van der Waals surface area (Å²) in [6, 6.07) is 7.16. The largest absolute Gasteiger partial charge is 0.497 e. The number of carbonyl (C=O) groups excluding carboxylic acids is 1. The van der Waals surface area contributed by atoms with E-state index in [0.29, 0.717) is 12.2 Å². The van der Waals surface area contributed by atoms with Crippen LogP contribution in [0.2, 0.25) is 0 Å². The highest BCUT2D eigenvalue weighted by Crippen LogP contribution is 2.28. The van der Waals surface area contributed by atoms with Crippen molar-refractivity contribution in [2.24, 2.45) is 0 Å². The number of carbonyl (C=O) groups is 2. The molecule has 0 aliphatic carbocycles. The highest BCUT2D eigenvalue weighted by Gasteiger charge is 2.43. The van der Waals surface area contributed by atoms with Gasteiger partial charge in [0.1, 0.15) is 11.3 Å². The number of nitrogens with one attached hydrogen (secondary N) is 1. The topological polar surface area (TPSA) is 75.6 Å². The minimum Gasteiger partial charge on any atom is -0.497 e. The van der Waals surface area contributed by atoms with Crippen LogP contribution < -0.4 is 10.1 Å². The van der Waals surface area contributed by atoms with Gasteiger partial charge in [-0.15, -0.1) is 0 Å². The molecule has 2 N–H and O–H groups in total. The molecular weight excluding hydrogens is 278 g/mol. The fourth-order valence-electron chi connectivity index (χ4n) is 2.13. The van der Waals surface area contributed by atoms with Crippen molar-refractivity contribution in [1.29, 1.82) is 0 Å². The second-order valence-electron chi connectivity index (χ2n) is 4.76. The molecule has 6 heteroatoms. The van der Waals surface area contributed by atoms with E-state index in [9.17, 15) is 14.7 Å². The molecule has 0 aromatic heterocycles. The fraction of sp³-hybridized carbons (Fsp3) is 0.429. The molecule has 1 aromatic rings. The van der Waals surface area contributed by atoms with E-state index < -0.39 is 11.5 Å². The standard InChI is InChI=1S/C14H17NO4S/c1-19-11-4-2-10(3-5-11)8-12(16)15-14(13(17)18)6-7-20-9-14/h2-5H,6-9H2,1H3,(H,15,16)(H,17,18)/t14-/m1/s1. The lowest BCUT2D eigenvalue weighted by Gasteiger charge is -2.24. The maximum atomic E-state index is 12.0. The number of ether oxygens (including phenoxy) is 1. The maximum Gasteiger partial charge on any atom is 0.330 e. The van der Waals surface area contributed by atoms with Gasteiger partial charge >= 0.3 is 5.97 Å². The van der Waals surface area contributed by atoms with Crippen molar-refractivity contribution in [2.75, 3.05) is 18.6 Å². The molecule has 0 spiro atoms. The van der Waals surface area contributed by atoms with Gasteiger partial charge in [-0.3, -0.25) is 4.79 Å². The van der Waals surface area contributed by atoms with E-state index in [1.807, 2.05) is 0 Å². The van der Waals surface area contributed by atoms with Gasteiger partial charge in [-0.1, -0.05) is 12.1 Å². The van der Waals surface area contributed by atoms with Crippen molar-refractivity contribution in [2.45, 2.75) is 18.4 Å². The van der Waals surface area contributed by atoms with E-state index in [-0.39, 0.29) is 12.3 Å². The second-order valence-corrected chi connectivity index (χ2v) is 5.87. The molecule has 0 radical (unpaired) electrons. The predicted octanol–water partition coefficient (Wildman–Crippen LogP) is 1.31. The van der Waals surface area contributed by atoms with Crippen LogP contribution in [0.3, 0.4) is 0 Å². The van der Waals surface area contributed by atoms with Gasteiger partial charge in [-0.2, -0.15) is 11.8 Å². The van der Waals surface area contributed by atoms with Gasteiger partial charge in [-0.25, -0.2) is 4.79 Å². The van der Waals surface area contributed by atoms with E-state index in [1.54, 1.807) is 43.1 Å². The summed E-state index contributed by atoms with van der Waals surface area (Å²) in [7, 11) is 1.58. The summed E-state index contributed by atoms with van der Waals surface area (Å²) >= 11 is 1.55. The Morgan fingerprint density at radius 2 is 2.10 bits per heavy atom. The molecule has 0 saturated carbocycles. The molecule has 0 bridgehead atoms. The Kier molecular flexibility index (Phi) is 4.54. The number of carboxylic acid groups (broad SMARTS) is 1. The first-order valence-electron chi connectivity index (χ1n) is 6.31. The highest BCUT2D eigenvalue weighted by atomic mass is 32.2. The number of amides is 1. The number of aliphatic carboxylic acids is 1. The minimum absolute atomic E-state index is 0.170. The van der Waals surface area contributed by atoms with Gasteiger partial charge in [0.25, 0.3) is 0 Å². The molecule has 1 aromatic carbocycles. The molecule has 2 rings (SSSR count). The van der Waals surface area contributed by atoms with Gasteiger partial charge in [-0.05, 0) is 29.9 Å². The van der Waals surface area contributed by atoms with Gasteiger partial charge in [0.05, 0.1) is 13.5 Å². The summed E-state index contributed by atoms with van der Waals surface area (Å²) in [5, 5.41) is 12.0. The minimum atomic E-state index is -1.10. The Morgan fingerprint density at radius 1 is 1.40 bits per heavy atom. The number of methoxy groups -OCH3 is 1. The number of hydrogen-bond donors (Lipinski definition) is 2. The molecule has 1 aliphatic rings. The molecule has 1 atom stereocenters. The van der Waals surface area contributed by atoms with E-state index in [4.69, 9.17) is 4.74 Å². The monoisotopic (exact) mass is 295 g/mol. The number of rotatable bonds is 5. The van der Waals surface area contributed by atoms with E-state index >= 15 is 0 Å². The zero-order valence-electron chi connectivity index (χ0n) is 11.2. The third-order valence-electron chi connectivity index (χ3n) is 3.33. The summed E-state index contributed by atoms with van der Waals surface area (Å²) in [6.45, 7) is 0. The number of carboxylic acids is 1. The van der Waals surface area contributed by atoms with Gasteiger partial charge in [0, 0.05) is 5.75 Å². The zero-order chi connectivity index (χ0) is 14.6. The lowest BCUT2D eigenvalue weighted by molar-refractivity contribution is -0.146. The summed E-state index contributed by atoms with van der Waals surface area (Å²) in [6.07, 6.45) is 0.644. The van der Waals surface area contributed by atoms with Crippen LogP contribution in [-0.2, 0) is 16.0 Å². The molecule has 1 fully saturated rings. The van der Waals surface area contributed by atoms with Crippen molar-refractivity contribution in [3.63, 3.8) is 0 Å². The summed E-state index contributed by atoms with van der Waals surface area (Å²) in [5.74, 6) is 0.695. The average molecular weight is 295 g/mol.